The third kappa shape index (κ3) is 6.83. The summed E-state index contributed by atoms with van der Waals surface area (Å²) >= 11 is 0. The Morgan fingerprint density at radius 1 is 0.492 bits per heavy atom. The Morgan fingerprint density at radius 2 is 1.13 bits per heavy atom. The molecule has 5 nitrogen and oxygen atoms in total. The molecule has 0 fully saturated rings. The number of benzene rings is 7. The molecule has 4 heterocycles. The molecule has 0 aliphatic heterocycles. The molecule has 6 heteroatoms. The first-order valence-corrected chi connectivity index (χ1v) is 20.0. The average molecular weight is 966 g/mol. The summed E-state index contributed by atoms with van der Waals surface area (Å²) < 4.78 is 8.81. The number of pyridine rings is 2. The van der Waals surface area contributed by atoms with E-state index in [2.05, 4.69) is 139 Å². The van der Waals surface area contributed by atoms with Gasteiger partial charge in [-0.15, -0.1) is 24.3 Å². The van der Waals surface area contributed by atoms with E-state index in [1.54, 1.807) is 6.07 Å². The van der Waals surface area contributed by atoms with Crippen LogP contribution in [0.15, 0.2) is 199 Å². The second kappa shape index (κ2) is 15.7. The molecule has 7 aromatic carbocycles. The van der Waals surface area contributed by atoms with Gasteiger partial charge in [-0.25, -0.2) is 0 Å². The number of fused-ring (bicyclic) bond motifs is 4. The van der Waals surface area contributed by atoms with Gasteiger partial charge in [-0.3, -0.25) is 9.97 Å². The molecular weight excluding hydrogens is 930 g/mol. The van der Waals surface area contributed by atoms with Crippen LogP contribution < -0.4 is 0 Å². The van der Waals surface area contributed by atoms with E-state index in [0.29, 0.717) is 11.3 Å². The fourth-order valence-electron chi connectivity index (χ4n) is 8.54. The monoisotopic (exact) mass is 965 g/mol. The summed E-state index contributed by atoms with van der Waals surface area (Å²) in [6.45, 7) is 2.05. The minimum atomic E-state index is 0. The van der Waals surface area contributed by atoms with E-state index in [1.807, 2.05) is 66.7 Å². The van der Waals surface area contributed by atoms with Crippen molar-refractivity contribution in [2.75, 3.05) is 0 Å². The maximum atomic E-state index is 10.9. The number of aromatic nitrogens is 3. The molecule has 0 amide bonds. The largest absolute Gasteiger partial charge is 0.507 e. The van der Waals surface area contributed by atoms with Crippen LogP contribution >= 0.6 is 0 Å². The minimum absolute atomic E-state index is 0. The van der Waals surface area contributed by atoms with Crippen molar-refractivity contribution in [1.82, 2.24) is 14.5 Å². The van der Waals surface area contributed by atoms with Gasteiger partial charge in [0, 0.05) is 71.1 Å². The number of aryl methyl sites for hydroxylation is 1. The topological polar surface area (TPSA) is 64.1 Å². The fraction of sp³-hybridized carbons (Fsp3) is 0.0182. The fourth-order valence-corrected chi connectivity index (χ4v) is 8.54. The second-order valence-electron chi connectivity index (χ2n) is 15.1. The first-order chi connectivity index (χ1) is 29.6. The molecule has 0 saturated heterocycles. The standard InChI is InChI=1S/C55H36N3O2.Pt/c1-35-29-41(33-47(56-35)37-17-14-18-38(30-37)48-31-40(36-15-4-2-5-16-36)32-49(57-48)45-22-9-12-25-51(45)59)55-54(39-27-28-44-43-21-10-13-26-52(43)60-53(44)34-39)46-23-8-11-24-50(46)58(55)42-19-6-3-7-20-42;/h2-29,31-34,59H,1H3;/q-1;. The molecule has 11 aromatic rings. The zero-order valence-electron chi connectivity index (χ0n) is 33.0. The van der Waals surface area contributed by atoms with Crippen LogP contribution in [0.25, 0.3) is 106 Å². The van der Waals surface area contributed by atoms with Crippen molar-refractivity contribution in [2.24, 2.45) is 0 Å². The molecule has 0 spiro atoms. The first kappa shape index (κ1) is 37.9. The molecule has 0 aliphatic rings. The van der Waals surface area contributed by atoms with Crippen LogP contribution in [0, 0.1) is 13.0 Å². The first-order valence-electron chi connectivity index (χ1n) is 20.0. The molecule has 0 radical (unpaired) electrons. The van der Waals surface area contributed by atoms with Crippen LogP contribution in [0.2, 0.25) is 0 Å². The van der Waals surface area contributed by atoms with Crippen LogP contribution in [0.3, 0.4) is 0 Å². The van der Waals surface area contributed by atoms with Crippen molar-refractivity contribution >= 4 is 32.8 Å². The number of phenolic OH excluding ortho intramolecular Hbond substituents is 1. The predicted octanol–water partition coefficient (Wildman–Crippen LogP) is 14.1. The van der Waals surface area contributed by atoms with E-state index in [-0.39, 0.29) is 26.8 Å². The molecule has 0 bridgehead atoms. The van der Waals surface area contributed by atoms with E-state index in [9.17, 15) is 5.11 Å². The van der Waals surface area contributed by atoms with Gasteiger partial charge in [0.2, 0.25) is 0 Å². The molecule has 294 valence electrons. The van der Waals surface area contributed by atoms with Crippen molar-refractivity contribution in [1.29, 1.82) is 0 Å². The van der Waals surface area contributed by atoms with Crippen molar-refractivity contribution in [3.8, 4) is 78.7 Å². The van der Waals surface area contributed by atoms with Gasteiger partial charge in [-0.2, -0.15) is 0 Å². The summed E-state index contributed by atoms with van der Waals surface area (Å²) in [5.74, 6) is 0.181. The van der Waals surface area contributed by atoms with Gasteiger partial charge in [-0.1, -0.05) is 126 Å². The summed E-state index contributed by atoms with van der Waals surface area (Å²) in [7, 11) is 0. The normalized spacial score (nSPS) is 11.3. The van der Waals surface area contributed by atoms with Crippen LogP contribution in [-0.4, -0.2) is 19.6 Å². The maximum absolute atomic E-state index is 10.9. The number of hydrogen-bond donors (Lipinski definition) is 1. The maximum Gasteiger partial charge on any atom is 0.136 e. The summed E-state index contributed by atoms with van der Waals surface area (Å²) in [4.78, 5) is 10.2. The van der Waals surface area contributed by atoms with Crippen LogP contribution in [0.4, 0.5) is 0 Å². The molecule has 0 aliphatic carbocycles. The van der Waals surface area contributed by atoms with E-state index < -0.39 is 0 Å². The van der Waals surface area contributed by atoms with Crippen molar-refractivity contribution < 1.29 is 30.6 Å². The molecule has 11 rings (SSSR count). The number of aromatic hydroxyl groups is 1. The van der Waals surface area contributed by atoms with Crippen molar-refractivity contribution in [3.05, 3.63) is 206 Å². The number of rotatable bonds is 7. The third-order valence-corrected chi connectivity index (χ3v) is 11.2. The summed E-state index contributed by atoms with van der Waals surface area (Å²) in [6.07, 6.45) is 0. The Kier molecular flexibility index (Phi) is 9.75. The van der Waals surface area contributed by atoms with E-state index in [4.69, 9.17) is 14.4 Å². The van der Waals surface area contributed by atoms with Gasteiger partial charge in [0.25, 0.3) is 0 Å². The van der Waals surface area contributed by atoms with Gasteiger partial charge in [-0.05, 0) is 89.8 Å². The Bertz CT molecular complexity index is 3410. The quantitative estimate of drug-likeness (QED) is 0.162. The van der Waals surface area contributed by atoms with Gasteiger partial charge < -0.3 is 14.1 Å². The van der Waals surface area contributed by atoms with Gasteiger partial charge in [0.1, 0.15) is 16.9 Å². The number of hydrogen-bond acceptors (Lipinski definition) is 4. The van der Waals surface area contributed by atoms with E-state index in [1.165, 1.54) is 0 Å². The van der Waals surface area contributed by atoms with E-state index >= 15 is 0 Å². The van der Waals surface area contributed by atoms with Crippen LogP contribution in [0.1, 0.15) is 5.69 Å². The molecule has 4 aromatic heterocycles. The SMILES string of the molecule is Cc1cc(-c2c(-c3ccc4c(c3)oc3ccccc34)c3ccccc3n2-c2ccccc2)cc(-c2[c-]c(-c3cc(-c4ccccc4)cc(-c4ccccc4O)n3)ccc2)n1.[Pt]. The van der Waals surface area contributed by atoms with Gasteiger partial charge in [0.05, 0.1) is 16.9 Å². The number of phenols is 1. The van der Waals surface area contributed by atoms with Gasteiger partial charge in [0.15, 0.2) is 0 Å². The molecule has 0 atom stereocenters. The van der Waals surface area contributed by atoms with Crippen LogP contribution in [0.5, 0.6) is 5.75 Å². The molecule has 61 heavy (non-hydrogen) atoms. The Balaban J connectivity index is 0.00000445. The van der Waals surface area contributed by atoms with Crippen LogP contribution in [-0.2, 0) is 21.1 Å². The molecule has 1 N–H and O–H groups in total. The zero-order valence-corrected chi connectivity index (χ0v) is 35.3. The molecule has 0 unspecified atom stereocenters. The Labute approximate surface area is 367 Å². The van der Waals surface area contributed by atoms with Crippen molar-refractivity contribution in [2.45, 2.75) is 6.92 Å². The summed E-state index contributed by atoms with van der Waals surface area (Å²) in [5, 5.41) is 14.2. The third-order valence-electron chi connectivity index (χ3n) is 11.2. The molecule has 0 saturated carbocycles. The Hall–Kier alpha value is -7.33. The second-order valence-corrected chi connectivity index (χ2v) is 15.1. The number of furan rings is 1. The van der Waals surface area contributed by atoms with E-state index in [0.717, 1.165) is 100 Å². The average Bonchev–Trinajstić information content (AvgIpc) is 3.85. The summed E-state index contributed by atoms with van der Waals surface area (Å²) in [6, 6.07) is 69.8. The molecular formula is C55H36N3O2Pt-. The number of para-hydroxylation sites is 4. The Morgan fingerprint density at radius 3 is 1.93 bits per heavy atom. The summed E-state index contributed by atoms with van der Waals surface area (Å²) in [5.41, 5.74) is 15.7. The number of nitrogens with zero attached hydrogens (tertiary/aromatic N) is 3. The van der Waals surface area contributed by atoms with Crippen molar-refractivity contribution in [3.63, 3.8) is 0 Å². The minimum Gasteiger partial charge on any atom is -0.507 e. The van der Waals surface area contributed by atoms with Gasteiger partial charge >= 0.3 is 0 Å². The zero-order chi connectivity index (χ0) is 40.2. The predicted molar refractivity (Wildman–Crippen MR) is 244 cm³/mol. The smallest absolute Gasteiger partial charge is 0.136 e.